The van der Waals surface area contributed by atoms with Crippen molar-refractivity contribution in [3.05, 3.63) is 194 Å². The van der Waals surface area contributed by atoms with E-state index in [1.165, 1.54) is 32.5 Å². The minimum absolute atomic E-state index is 0.634. The third kappa shape index (κ3) is 5.47. The first-order valence-electron chi connectivity index (χ1n) is 18.9. The van der Waals surface area contributed by atoms with Gasteiger partial charge < -0.3 is 0 Å². The molecule has 0 spiro atoms. The average molecular weight is 713 g/mol. The predicted octanol–water partition coefficient (Wildman–Crippen LogP) is 13.4. The maximum atomic E-state index is 5.16. The summed E-state index contributed by atoms with van der Waals surface area (Å²) in [4.78, 5) is 20.4. The largest absolute Gasteiger partial charge is 0.247 e. The van der Waals surface area contributed by atoms with Gasteiger partial charge in [-0.3, -0.25) is 0 Å². The summed E-state index contributed by atoms with van der Waals surface area (Å²) in [5, 5.41) is 10.6. The summed E-state index contributed by atoms with van der Waals surface area (Å²) in [6.45, 7) is 0. The van der Waals surface area contributed by atoms with E-state index < -0.39 is 0 Å². The molecule has 260 valence electrons. The van der Waals surface area contributed by atoms with Gasteiger partial charge in [-0.1, -0.05) is 176 Å². The first-order valence-corrected chi connectivity index (χ1v) is 18.9. The highest BCUT2D eigenvalue weighted by atomic mass is 15.0. The molecule has 0 fully saturated rings. The van der Waals surface area contributed by atoms with Crippen LogP contribution in [-0.2, 0) is 0 Å². The van der Waals surface area contributed by atoms with Crippen molar-refractivity contribution in [1.82, 2.24) is 19.9 Å². The van der Waals surface area contributed by atoms with Gasteiger partial charge in [-0.25, -0.2) is 19.9 Å². The quantitative estimate of drug-likeness (QED) is 0.167. The summed E-state index contributed by atoms with van der Waals surface area (Å²) in [5.74, 6) is 1.92. The highest BCUT2D eigenvalue weighted by Crippen LogP contribution is 2.40. The van der Waals surface area contributed by atoms with Crippen LogP contribution in [-0.4, -0.2) is 19.9 Å². The Morgan fingerprint density at radius 2 is 0.786 bits per heavy atom. The molecule has 0 N–H and O–H groups in total. The standard InChI is InChI=1S/C52H32N4/c1-2-13-36(14-3-1)49-46-30-29-43-42(18-10-19-44(43)48(46)45-17-8-9-20-47(45)53-49)35-23-25-37(26-24-35)50-54-51(40-27-21-33-11-4-6-15-38(33)31-40)56-52(55-50)41-28-22-34-12-5-7-16-39(34)32-41/h1-32H. The summed E-state index contributed by atoms with van der Waals surface area (Å²) >= 11 is 0. The number of hydrogen-bond acceptors (Lipinski definition) is 4. The smallest absolute Gasteiger partial charge is 0.164 e. The Balaban J connectivity index is 1.05. The Morgan fingerprint density at radius 1 is 0.268 bits per heavy atom. The van der Waals surface area contributed by atoms with Crippen LogP contribution in [0.1, 0.15) is 0 Å². The molecule has 0 aliphatic rings. The van der Waals surface area contributed by atoms with Gasteiger partial charge in [-0.2, -0.15) is 0 Å². The van der Waals surface area contributed by atoms with Gasteiger partial charge >= 0.3 is 0 Å². The van der Waals surface area contributed by atoms with E-state index in [0.717, 1.165) is 60.6 Å². The van der Waals surface area contributed by atoms with Gasteiger partial charge in [0.15, 0.2) is 17.5 Å². The van der Waals surface area contributed by atoms with Crippen molar-refractivity contribution in [2.75, 3.05) is 0 Å². The van der Waals surface area contributed by atoms with Gasteiger partial charge in [0.1, 0.15) is 0 Å². The SMILES string of the molecule is c1ccc(-c2nc3ccccc3c3c2ccc2c(-c4ccc(-c5nc(-c6ccc7ccccc7c6)nc(-c6ccc7ccccc7c6)n5)cc4)cccc23)cc1. The molecule has 11 aromatic rings. The Hall–Kier alpha value is -7.56. The van der Waals surface area contributed by atoms with Crippen molar-refractivity contribution in [3.8, 4) is 56.5 Å². The summed E-state index contributed by atoms with van der Waals surface area (Å²) in [5.41, 5.74) is 8.22. The fourth-order valence-electron chi connectivity index (χ4n) is 8.10. The molecule has 0 bridgehead atoms. The van der Waals surface area contributed by atoms with Crippen LogP contribution in [0.25, 0.3) is 111 Å². The van der Waals surface area contributed by atoms with Crippen molar-refractivity contribution in [3.63, 3.8) is 0 Å². The normalized spacial score (nSPS) is 11.6. The second-order valence-electron chi connectivity index (χ2n) is 14.2. The van der Waals surface area contributed by atoms with Gasteiger partial charge in [0.25, 0.3) is 0 Å². The molecule has 0 aliphatic heterocycles. The van der Waals surface area contributed by atoms with Crippen LogP contribution in [0.5, 0.6) is 0 Å². The number of pyridine rings is 1. The molecule has 0 atom stereocenters. The zero-order valence-corrected chi connectivity index (χ0v) is 30.3. The summed E-state index contributed by atoms with van der Waals surface area (Å²) in [6, 6.07) is 68.2. The third-order valence-electron chi connectivity index (χ3n) is 10.9. The maximum absolute atomic E-state index is 5.16. The summed E-state index contributed by atoms with van der Waals surface area (Å²) in [7, 11) is 0. The molecule has 2 heterocycles. The van der Waals surface area contributed by atoms with Gasteiger partial charge in [0.05, 0.1) is 11.2 Å². The third-order valence-corrected chi connectivity index (χ3v) is 10.9. The monoisotopic (exact) mass is 712 g/mol. The molecule has 0 saturated carbocycles. The fraction of sp³-hybridized carbons (Fsp3) is 0. The molecule has 0 saturated heterocycles. The van der Waals surface area contributed by atoms with Crippen LogP contribution in [0.3, 0.4) is 0 Å². The zero-order valence-electron chi connectivity index (χ0n) is 30.3. The molecular formula is C52H32N4. The first kappa shape index (κ1) is 31.9. The first-order chi connectivity index (χ1) is 27.7. The molecule has 4 heteroatoms. The lowest BCUT2D eigenvalue weighted by atomic mass is 9.91. The second-order valence-corrected chi connectivity index (χ2v) is 14.2. The predicted molar refractivity (Wildman–Crippen MR) is 232 cm³/mol. The Kier molecular flexibility index (Phi) is 7.46. The fourth-order valence-corrected chi connectivity index (χ4v) is 8.10. The van der Waals surface area contributed by atoms with E-state index >= 15 is 0 Å². The molecular weight excluding hydrogens is 681 g/mol. The van der Waals surface area contributed by atoms with E-state index in [9.17, 15) is 0 Å². The number of hydrogen-bond donors (Lipinski definition) is 0. The number of nitrogens with zero attached hydrogens (tertiary/aromatic N) is 4. The molecule has 0 aliphatic carbocycles. The minimum atomic E-state index is 0.634. The maximum Gasteiger partial charge on any atom is 0.164 e. The number of rotatable bonds is 5. The topological polar surface area (TPSA) is 51.6 Å². The van der Waals surface area contributed by atoms with E-state index in [1.54, 1.807) is 0 Å². The molecule has 9 aromatic carbocycles. The molecule has 0 unspecified atom stereocenters. The highest BCUT2D eigenvalue weighted by Gasteiger charge is 2.17. The van der Waals surface area contributed by atoms with Crippen LogP contribution < -0.4 is 0 Å². The lowest BCUT2D eigenvalue weighted by molar-refractivity contribution is 1.08. The van der Waals surface area contributed by atoms with E-state index in [1.807, 2.05) is 6.07 Å². The molecule has 11 rings (SSSR count). The van der Waals surface area contributed by atoms with Gasteiger partial charge in [0, 0.05) is 38.4 Å². The molecule has 0 amide bonds. The van der Waals surface area contributed by atoms with Gasteiger partial charge in [0.2, 0.25) is 0 Å². The lowest BCUT2D eigenvalue weighted by Crippen LogP contribution is -2.00. The summed E-state index contributed by atoms with van der Waals surface area (Å²) < 4.78 is 0. The van der Waals surface area contributed by atoms with Crippen LogP contribution in [0.4, 0.5) is 0 Å². The van der Waals surface area contributed by atoms with Crippen molar-refractivity contribution in [2.45, 2.75) is 0 Å². The highest BCUT2D eigenvalue weighted by molar-refractivity contribution is 6.24. The van der Waals surface area contributed by atoms with Gasteiger partial charge in [-0.15, -0.1) is 0 Å². The van der Waals surface area contributed by atoms with Crippen molar-refractivity contribution < 1.29 is 0 Å². The van der Waals surface area contributed by atoms with E-state index in [0.29, 0.717) is 17.5 Å². The van der Waals surface area contributed by atoms with Crippen molar-refractivity contribution in [2.24, 2.45) is 0 Å². The second kappa shape index (κ2) is 13.1. The van der Waals surface area contributed by atoms with Crippen LogP contribution >= 0.6 is 0 Å². The number of aromatic nitrogens is 4. The Labute approximate surface area is 323 Å². The molecule has 2 aromatic heterocycles. The number of fused-ring (bicyclic) bond motifs is 7. The minimum Gasteiger partial charge on any atom is -0.247 e. The molecule has 56 heavy (non-hydrogen) atoms. The van der Waals surface area contributed by atoms with Crippen molar-refractivity contribution >= 4 is 54.0 Å². The van der Waals surface area contributed by atoms with E-state index in [-0.39, 0.29) is 0 Å². The Morgan fingerprint density at radius 3 is 1.46 bits per heavy atom. The van der Waals surface area contributed by atoms with Crippen LogP contribution in [0.15, 0.2) is 194 Å². The Bertz CT molecular complexity index is 3200. The average Bonchev–Trinajstić information content (AvgIpc) is 3.28. The van der Waals surface area contributed by atoms with Gasteiger partial charge in [-0.05, 0) is 61.6 Å². The zero-order chi connectivity index (χ0) is 37.0. The molecule has 0 radical (unpaired) electrons. The van der Waals surface area contributed by atoms with E-state index in [2.05, 4.69) is 188 Å². The number of benzene rings is 9. The van der Waals surface area contributed by atoms with Crippen LogP contribution in [0.2, 0.25) is 0 Å². The molecule has 4 nitrogen and oxygen atoms in total. The van der Waals surface area contributed by atoms with E-state index in [4.69, 9.17) is 19.9 Å². The van der Waals surface area contributed by atoms with Crippen LogP contribution in [0, 0.1) is 0 Å². The number of para-hydroxylation sites is 1. The lowest BCUT2D eigenvalue weighted by Gasteiger charge is -2.15. The summed E-state index contributed by atoms with van der Waals surface area (Å²) in [6.07, 6.45) is 0. The van der Waals surface area contributed by atoms with Crippen molar-refractivity contribution in [1.29, 1.82) is 0 Å².